The molecule has 0 radical (unpaired) electrons. The summed E-state index contributed by atoms with van der Waals surface area (Å²) in [6.45, 7) is 0. The van der Waals surface area contributed by atoms with E-state index in [2.05, 4.69) is 0 Å². The smallest absolute Gasteiger partial charge is 0.335 e. The monoisotopic (exact) mass is 307 g/mol. The second-order valence-electron chi connectivity index (χ2n) is 4.34. The van der Waals surface area contributed by atoms with Crippen LogP contribution in [0.3, 0.4) is 0 Å². The molecule has 6 heteroatoms. The Labute approximate surface area is 125 Å². The van der Waals surface area contributed by atoms with Gasteiger partial charge in [0, 0.05) is 17.8 Å². The van der Waals surface area contributed by atoms with Crippen LogP contribution < -0.4 is 4.90 Å². The fourth-order valence-electron chi connectivity index (χ4n) is 1.79. The Kier molecular flexibility index (Phi) is 4.23. The van der Waals surface area contributed by atoms with E-state index in [4.69, 9.17) is 16.7 Å². The van der Waals surface area contributed by atoms with Gasteiger partial charge in [-0.15, -0.1) is 0 Å². The first kappa shape index (κ1) is 15.0. The van der Waals surface area contributed by atoms with E-state index in [1.807, 2.05) is 0 Å². The Morgan fingerprint density at radius 2 is 1.76 bits per heavy atom. The number of carboxylic acids is 1. The fraction of sp³-hybridized carbons (Fsp3) is 0.0667. The second-order valence-corrected chi connectivity index (χ2v) is 4.78. The van der Waals surface area contributed by atoms with Crippen molar-refractivity contribution in [1.82, 2.24) is 0 Å². The van der Waals surface area contributed by atoms with Crippen LogP contribution in [0.2, 0.25) is 5.02 Å². The Morgan fingerprint density at radius 3 is 2.29 bits per heavy atom. The van der Waals surface area contributed by atoms with E-state index in [0.717, 1.165) is 6.07 Å². The highest BCUT2D eigenvalue weighted by Gasteiger charge is 2.18. The van der Waals surface area contributed by atoms with Crippen molar-refractivity contribution in [1.29, 1.82) is 0 Å². The molecule has 0 aliphatic carbocycles. The lowest BCUT2D eigenvalue weighted by Gasteiger charge is -2.18. The van der Waals surface area contributed by atoms with Gasteiger partial charge in [-0.3, -0.25) is 4.79 Å². The van der Waals surface area contributed by atoms with Gasteiger partial charge in [-0.2, -0.15) is 0 Å². The SMILES string of the molecule is CN(C(=O)c1ccc(Cl)cc1F)c1ccc(C(=O)O)cc1. The Bertz CT molecular complexity index is 701. The van der Waals surface area contributed by atoms with E-state index < -0.39 is 17.7 Å². The predicted octanol–water partition coefficient (Wildman–Crippen LogP) is 3.45. The summed E-state index contributed by atoms with van der Waals surface area (Å²) < 4.78 is 13.7. The number of rotatable bonds is 3. The summed E-state index contributed by atoms with van der Waals surface area (Å²) in [6, 6.07) is 9.52. The van der Waals surface area contributed by atoms with Crippen molar-refractivity contribution in [3.63, 3.8) is 0 Å². The lowest BCUT2D eigenvalue weighted by molar-refractivity contribution is 0.0696. The van der Waals surface area contributed by atoms with Crippen molar-refractivity contribution in [3.05, 3.63) is 64.4 Å². The largest absolute Gasteiger partial charge is 0.478 e. The molecule has 1 amide bonds. The molecular formula is C15H11ClFNO3. The van der Waals surface area contributed by atoms with Crippen LogP contribution in [-0.4, -0.2) is 24.0 Å². The number of carbonyl (C=O) groups is 2. The Balaban J connectivity index is 2.28. The summed E-state index contributed by atoms with van der Waals surface area (Å²) in [5.41, 5.74) is 0.459. The summed E-state index contributed by atoms with van der Waals surface area (Å²) >= 11 is 5.64. The third kappa shape index (κ3) is 3.20. The molecule has 21 heavy (non-hydrogen) atoms. The number of carboxylic acid groups (broad SMARTS) is 1. The first-order valence-electron chi connectivity index (χ1n) is 5.96. The zero-order chi connectivity index (χ0) is 15.6. The predicted molar refractivity (Wildman–Crippen MR) is 77.5 cm³/mol. The van der Waals surface area contributed by atoms with Crippen molar-refractivity contribution in [3.8, 4) is 0 Å². The number of amides is 1. The maximum Gasteiger partial charge on any atom is 0.335 e. The van der Waals surface area contributed by atoms with Gasteiger partial charge < -0.3 is 10.0 Å². The second kappa shape index (κ2) is 5.93. The van der Waals surface area contributed by atoms with Crippen LogP contribution in [0.1, 0.15) is 20.7 Å². The molecule has 2 aromatic rings. The van der Waals surface area contributed by atoms with Crippen molar-refractivity contribution >= 4 is 29.2 Å². The molecule has 108 valence electrons. The quantitative estimate of drug-likeness (QED) is 0.945. The number of benzene rings is 2. The standard InChI is InChI=1S/C15H11ClFNO3/c1-18(11-5-2-9(3-6-11)15(20)21)14(19)12-7-4-10(16)8-13(12)17/h2-8H,1H3,(H,20,21). The molecule has 0 spiro atoms. The van der Waals surface area contributed by atoms with Gasteiger partial charge in [0.15, 0.2) is 0 Å². The summed E-state index contributed by atoms with van der Waals surface area (Å²) in [7, 11) is 1.48. The van der Waals surface area contributed by atoms with E-state index in [-0.39, 0.29) is 16.1 Å². The molecule has 0 heterocycles. The van der Waals surface area contributed by atoms with Crippen LogP contribution in [0.15, 0.2) is 42.5 Å². The van der Waals surface area contributed by atoms with Gasteiger partial charge in [-0.05, 0) is 42.5 Å². The van der Waals surface area contributed by atoms with Crippen LogP contribution in [0.5, 0.6) is 0 Å². The average Bonchev–Trinajstić information content (AvgIpc) is 2.46. The third-order valence-electron chi connectivity index (χ3n) is 2.97. The molecule has 0 fully saturated rings. The molecule has 1 N–H and O–H groups in total. The molecule has 0 aromatic heterocycles. The highest BCUT2D eigenvalue weighted by molar-refractivity contribution is 6.30. The highest BCUT2D eigenvalue weighted by atomic mass is 35.5. The zero-order valence-corrected chi connectivity index (χ0v) is 11.8. The number of hydrogen-bond donors (Lipinski definition) is 1. The zero-order valence-electron chi connectivity index (χ0n) is 11.0. The molecule has 0 unspecified atom stereocenters. The molecular weight excluding hydrogens is 297 g/mol. The molecule has 2 aromatic carbocycles. The number of anilines is 1. The van der Waals surface area contributed by atoms with Gasteiger partial charge in [0.2, 0.25) is 0 Å². The summed E-state index contributed by atoms with van der Waals surface area (Å²) in [5.74, 6) is -2.31. The lowest BCUT2D eigenvalue weighted by atomic mass is 10.1. The number of halogens is 2. The van der Waals surface area contributed by atoms with Gasteiger partial charge in [-0.1, -0.05) is 11.6 Å². The molecule has 0 atom stereocenters. The van der Waals surface area contributed by atoms with Crippen molar-refractivity contribution in [2.45, 2.75) is 0 Å². The Hall–Kier alpha value is -2.40. The van der Waals surface area contributed by atoms with E-state index in [1.54, 1.807) is 0 Å². The molecule has 0 aliphatic rings. The first-order valence-corrected chi connectivity index (χ1v) is 6.34. The highest BCUT2D eigenvalue weighted by Crippen LogP contribution is 2.20. The summed E-state index contributed by atoms with van der Waals surface area (Å²) in [5, 5.41) is 9.03. The topological polar surface area (TPSA) is 57.6 Å². The summed E-state index contributed by atoms with van der Waals surface area (Å²) in [4.78, 5) is 24.2. The molecule has 4 nitrogen and oxygen atoms in total. The van der Waals surface area contributed by atoms with Gasteiger partial charge in [-0.25, -0.2) is 9.18 Å². The molecule has 0 aliphatic heterocycles. The number of hydrogen-bond acceptors (Lipinski definition) is 2. The van der Waals surface area contributed by atoms with Crippen molar-refractivity contribution < 1.29 is 19.1 Å². The van der Waals surface area contributed by atoms with Crippen LogP contribution in [0.4, 0.5) is 10.1 Å². The maximum atomic E-state index is 13.7. The van der Waals surface area contributed by atoms with Gasteiger partial charge in [0.25, 0.3) is 5.91 Å². The van der Waals surface area contributed by atoms with Crippen LogP contribution in [0, 0.1) is 5.82 Å². The number of aromatic carboxylic acids is 1. The van der Waals surface area contributed by atoms with E-state index in [9.17, 15) is 14.0 Å². The third-order valence-corrected chi connectivity index (χ3v) is 3.20. The summed E-state index contributed by atoms with van der Waals surface area (Å²) in [6.07, 6.45) is 0. The van der Waals surface area contributed by atoms with Gasteiger partial charge in [0.05, 0.1) is 11.1 Å². The van der Waals surface area contributed by atoms with E-state index >= 15 is 0 Å². The molecule has 0 saturated heterocycles. The molecule has 0 bridgehead atoms. The van der Waals surface area contributed by atoms with Gasteiger partial charge in [0.1, 0.15) is 5.82 Å². The van der Waals surface area contributed by atoms with Crippen molar-refractivity contribution in [2.75, 3.05) is 11.9 Å². The van der Waals surface area contributed by atoms with Crippen LogP contribution >= 0.6 is 11.6 Å². The number of nitrogens with zero attached hydrogens (tertiary/aromatic N) is 1. The fourth-order valence-corrected chi connectivity index (χ4v) is 1.95. The van der Waals surface area contributed by atoms with Crippen LogP contribution in [-0.2, 0) is 0 Å². The number of carbonyl (C=O) groups excluding carboxylic acids is 1. The van der Waals surface area contributed by atoms with Crippen LogP contribution in [0.25, 0.3) is 0 Å². The van der Waals surface area contributed by atoms with E-state index in [0.29, 0.717) is 5.69 Å². The minimum absolute atomic E-state index is 0.107. The van der Waals surface area contributed by atoms with Crippen molar-refractivity contribution in [2.24, 2.45) is 0 Å². The minimum Gasteiger partial charge on any atom is -0.478 e. The molecule has 2 rings (SSSR count). The average molecular weight is 308 g/mol. The minimum atomic E-state index is -1.06. The lowest BCUT2D eigenvalue weighted by Crippen LogP contribution is -2.27. The van der Waals surface area contributed by atoms with E-state index in [1.165, 1.54) is 48.3 Å². The normalized spacial score (nSPS) is 10.2. The van der Waals surface area contributed by atoms with Gasteiger partial charge >= 0.3 is 5.97 Å². The Morgan fingerprint density at radius 1 is 1.14 bits per heavy atom. The maximum absolute atomic E-state index is 13.7. The first-order chi connectivity index (χ1) is 9.90. The molecule has 0 saturated carbocycles.